The maximum Gasteiger partial charge on any atom is 0.308 e. The van der Waals surface area contributed by atoms with Gasteiger partial charge in [0.1, 0.15) is 0 Å². The summed E-state index contributed by atoms with van der Waals surface area (Å²) in [6.45, 7) is 5.45. The molecule has 0 aromatic carbocycles. The van der Waals surface area contributed by atoms with Gasteiger partial charge in [-0.15, -0.1) is 0 Å². The summed E-state index contributed by atoms with van der Waals surface area (Å²) in [4.78, 5) is 10.5. The average molecular weight is 145 g/mol. The quantitative estimate of drug-likeness (QED) is 0.614. The van der Waals surface area contributed by atoms with Crippen LogP contribution in [-0.2, 0) is 4.79 Å². The average Bonchev–Trinajstić information content (AvgIpc) is 1.59. The third-order valence-corrected chi connectivity index (χ3v) is 1.57. The van der Waals surface area contributed by atoms with E-state index in [2.05, 4.69) is 0 Å². The van der Waals surface area contributed by atoms with Crippen molar-refractivity contribution in [3.05, 3.63) is 0 Å². The van der Waals surface area contributed by atoms with E-state index in [1.165, 1.54) is 0 Å². The molecule has 0 aliphatic rings. The highest BCUT2D eigenvalue weighted by atomic mass is 16.4. The molecule has 0 radical (unpaired) electrons. The van der Waals surface area contributed by atoms with Crippen LogP contribution in [0.5, 0.6) is 0 Å². The molecule has 0 aromatic rings. The third kappa shape index (κ3) is 2.35. The maximum atomic E-state index is 10.5. The lowest BCUT2D eigenvalue weighted by Crippen LogP contribution is -2.36. The van der Waals surface area contributed by atoms with Crippen molar-refractivity contribution < 1.29 is 9.90 Å². The molecule has 0 rings (SSSR count). The van der Waals surface area contributed by atoms with Crippen molar-refractivity contribution in [3.63, 3.8) is 0 Å². The molecule has 3 nitrogen and oxygen atoms in total. The third-order valence-electron chi connectivity index (χ3n) is 1.57. The lowest BCUT2D eigenvalue weighted by Gasteiger charge is -2.19. The van der Waals surface area contributed by atoms with E-state index in [0.29, 0.717) is 0 Å². The van der Waals surface area contributed by atoms with E-state index in [1.807, 2.05) is 13.8 Å². The highest BCUT2D eigenvalue weighted by Crippen LogP contribution is 2.13. The molecule has 0 unspecified atom stereocenters. The summed E-state index contributed by atoms with van der Waals surface area (Å²) < 4.78 is 0. The van der Waals surface area contributed by atoms with Crippen molar-refractivity contribution >= 4 is 5.97 Å². The second kappa shape index (κ2) is 3.56. The molecule has 3 heteroatoms. The topological polar surface area (TPSA) is 63.3 Å². The van der Waals surface area contributed by atoms with Crippen molar-refractivity contribution in [2.45, 2.75) is 26.8 Å². The molecule has 0 heterocycles. The first kappa shape index (κ1) is 9.43. The zero-order valence-corrected chi connectivity index (χ0v) is 6.66. The Bertz CT molecular complexity index is 113. The van der Waals surface area contributed by atoms with Crippen molar-refractivity contribution in [2.24, 2.45) is 17.6 Å². The number of carbonyl (C=O) groups is 1. The highest BCUT2D eigenvalue weighted by Gasteiger charge is 2.24. The van der Waals surface area contributed by atoms with Gasteiger partial charge < -0.3 is 10.8 Å². The van der Waals surface area contributed by atoms with Crippen LogP contribution in [0.3, 0.4) is 0 Å². The molecular formula is C7H15NO2. The van der Waals surface area contributed by atoms with Gasteiger partial charge in [0.2, 0.25) is 0 Å². The molecule has 0 saturated heterocycles. The summed E-state index contributed by atoms with van der Waals surface area (Å²) in [6.07, 6.45) is 0. The summed E-state index contributed by atoms with van der Waals surface area (Å²) >= 11 is 0. The number of hydrogen-bond acceptors (Lipinski definition) is 2. The van der Waals surface area contributed by atoms with Crippen LogP contribution < -0.4 is 5.73 Å². The van der Waals surface area contributed by atoms with Gasteiger partial charge in [-0.25, -0.2) is 0 Å². The normalized spacial score (nSPS) is 16.9. The number of nitrogens with two attached hydrogens (primary N) is 1. The molecule has 0 bridgehead atoms. The van der Waals surface area contributed by atoms with Gasteiger partial charge in [0.05, 0.1) is 5.92 Å². The molecule has 3 N–H and O–H groups in total. The Morgan fingerprint density at radius 3 is 1.80 bits per heavy atom. The van der Waals surface area contributed by atoms with E-state index in [0.717, 1.165) is 0 Å². The molecule has 0 aromatic heterocycles. The Balaban J connectivity index is 4.12. The monoisotopic (exact) mass is 145 g/mol. The van der Waals surface area contributed by atoms with E-state index in [1.54, 1.807) is 6.92 Å². The van der Waals surface area contributed by atoms with Crippen molar-refractivity contribution in [2.75, 3.05) is 0 Å². The molecule has 0 fully saturated rings. The molecule has 0 aliphatic carbocycles. The second-order valence-corrected chi connectivity index (χ2v) is 2.97. The van der Waals surface area contributed by atoms with Crippen molar-refractivity contribution in [1.29, 1.82) is 0 Å². The largest absolute Gasteiger partial charge is 0.481 e. The van der Waals surface area contributed by atoms with Crippen LogP contribution >= 0.6 is 0 Å². The first-order chi connectivity index (χ1) is 4.46. The number of hydrogen-bond donors (Lipinski definition) is 2. The van der Waals surface area contributed by atoms with Crippen LogP contribution in [0.25, 0.3) is 0 Å². The van der Waals surface area contributed by atoms with E-state index in [4.69, 9.17) is 10.8 Å². The standard InChI is InChI=1S/C7H15NO2/c1-4(2)6(5(3)8)7(9)10/h4-6H,8H2,1-3H3,(H,9,10)/t5-,6-/m1/s1. The summed E-state index contributed by atoms with van der Waals surface area (Å²) in [5.74, 6) is -1.11. The summed E-state index contributed by atoms with van der Waals surface area (Å²) in [5.41, 5.74) is 5.46. The van der Waals surface area contributed by atoms with Crippen LogP contribution in [0.4, 0.5) is 0 Å². The molecule has 10 heavy (non-hydrogen) atoms. The molecule has 60 valence electrons. The van der Waals surface area contributed by atoms with Crippen molar-refractivity contribution in [1.82, 2.24) is 0 Å². The first-order valence-electron chi connectivity index (χ1n) is 3.45. The van der Waals surface area contributed by atoms with Gasteiger partial charge in [-0.2, -0.15) is 0 Å². The fraction of sp³-hybridized carbons (Fsp3) is 0.857. The minimum Gasteiger partial charge on any atom is -0.481 e. The summed E-state index contributed by atoms with van der Waals surface area (Å²) in [6, 6.07) is -0.266. The smallest absolute Gasteiger partial charge is 0.308 e. The predicted molar refractivity (Wildman–Crippen MR) is 39.6 cm³/mol. The van der Waals surface area contributed by atoms with E-state index in [-0.39, 0.29) is 12.0 Å². The Labute approximate surface area is 61.2 Å². The summed E-state index contributed by atoms with van der Waals surface area (Å²) in [7, 11) is 0. The van der Waals surface area contributed by atoms with Crippen LogP contribution in [0.2, 0.25) is 0 Å². The Morgan fingerprint density at radius 2 is 1.80 bits per heavy atom. The van der Waals surface area contributed by atoms with Crippen LogP contribution in [0, 0.1) is 11.8 Å². The van der Waals surface area contributed by atoms with Gasteiger partial charge in [0.15, 0.2) is 0 Å². The number of aliphatic carboxylic acids is 1. The fourth-order valence-corrected chi connectivity index (χ4v) is 1.12. The molecular weight excluding hydrogens is 130 g/mol. The molecule has 0 saturated carbocycles. The Hall–Kier alpha value is -0.570. The SMILES string of the molecule is CC(C)[C@@H](C(=O)O)[C@@H](C)N. The number of rotatable bonds is 3. The lowest BCUT2D eigenvalue weighted by atomic mass is 9.90. The fourth-order valence-electron chi connectivity index (χ4n) is 1.12. The van der Waals surface area contributed by atoms with Gasteiger partial charge in [0.25, 0.3) is 0 Å². The van der Waals surface area contributed by atoms with Gasteiger partial charge in [-0.3, -0.25) is 4.79 Å². The Kier molecular flexibility index (Phi) is 3.36. The van der Waals surface area contributed by atoms with Crippen LogP contribution in [-0.4, -0.2) is 17.1 Å². The Morgan fingerprint density at radius 1 is 1.40 bits per heavy atom. The minimum absolute atomic E-state index is 0.109. The van der Waals surface area contributed by atoms with Crippen LogP contribution in [0.1, 0.15) is 20.8 Å². The van der Waals surface area contributed by atoms with Crippen LogP contribution in [0.15, 0.2) is 0 Å². The van der Waals surface area contributed by atoms with Gasteiger partial charge >= 0.3 is 5.97 Å². The van der Waals surface area contributed by atoms with Crippen molar-refractivity contribution in [3.8, 4) is 0 Å². The minimum atomic E-state index is -0.801. The van der Waals surface area contributed by atoms with Gasteiger partial charge in [-0.1, -0.05) is 13.8 Å². The highest BCUT2D eigenvalue weighted by molar-refractivity contribution is 5.71. The molecule has 0 aliphatic heterocycles. The van der Waals surface area contributed by atoms with Gasteiger partial charge in [0, 0.05) is 6.04 Å². The summed E-state index contributed by atoms with van der Waals surface area (Å²) in [5, 5.41) is 8.63. The number of carboxylic acids is 1. The van der Waals surface area contributed by atoms with E-state index < -0.39 is 11.9 Å². The number of carboxylic acid groups (broad SMARTS) is 1. The van der Waals surface area contributed by atoms with Gasteiger partial charge in [-0.05, 0) is 12.8 Å². The molecule has 0 spiro atoms. The predicted octanol–water partition coefficient (Wildman–Crippen LogP) is 0.690. The first-order valence-corrected chi connectivity index (χ1v) is 3.45. The zero-order valence-electron chi connectivity index (χ0n) is 6.66. The second-order valence-electron chi connectivity index (χ2n) is 2.97. The van der Waals surface area contributed by atoms with E-state index >= 15 is 0 Å². The van der Waals surface area contributed by atoms with E-state index in [9.17, 15) is 4.79 Å². The lowest BCUT2D eigenvalue weighted by molar-refractivity contribution is -0.143. The molecule has 0 amide bonds. The maximum absolute atomic E-state index is 10.5. The molecule has 2 atom stereocenters. The zero-order chi connectivity index (χ0) is 8.31.